The van der Waals surface area contributed by atoms with Gasteiger partial charge in [0.2, 0.25) is 0 Å². The number of hydrogen-bond acceptors (Lipinski definition) is 4. The Hall–Kier alpha value is -3.16. The summed E-state index contributed by atoms with van der Waals surface area (Å²) in [5.74, 6) is 0.646. The molecule has 0 bridgehead atoms. The quantitative estimate of drug-likeness (QED) is 0.760. The van der Waals surface area contributed by atoms with Crippen LogP contribution in [0.25, 0.3) is 5.69 Å². The van der Waals surface area contributed by atoms with Gasteiger partial charge in [0, 0.05) is 18.9 Å². The number of aromatic nitrogens is 5. The number of anilines is 1. The number of nitrogens with zero attached hydrogens (tertiary/aromatic N) is 5. The Labute approximate surface area is 126 Å². The second-order valence-corrected chi connectivity index (χ2v) is 4.66. The second kappa shape index (κ2) is 6.08. The van der Waals surface area contributed by atoms with E-state index in [2.05, 4.69) is 25.9 Å². The predicted molar refractivity (Wildman–Crippen MR) is 80.4 cm³/mol. The monoisotopic (exact) mass is 297 g/mol. The molecule has 1 aromatic carbocycles. The van der Waals surface area contributed by atoms with Crippen molar-refractivity contribution >= 4 is 11.7 Å². The van der Waals surface area contributed by atoms with Crippen molar-refractivity contribution in [2.45, 2.75) is 6.54 Å². The fraction of sp³-hybridized carbons (Fsp3) is 0.143. The molecule has 3 rings (SSSR count). The molecule has 0 atom stereocenters. The van der Waals surface area contributed by atoms with Crippen molar-refractivity contribution in [2.75, 3.05) is 5.32 Å². The van der Waals surface area contributed by atoms with E-state index in [0.29, 0.717) is 11.5 Å². The summed E-state index contributed by atoms with van der Waals surface area (Å²) in [7, 11) is 1.78. The molecule has 0 radical (unpaired) electrons. The van der Waals surface area contributed by atoms with Gasteiger partial charge in [-0.3, -0.25) is 9.25 Å². The summed E-state index contributed by atoms with van der Waals surface area (Å²) >= 11 is 0. The number of para-hydroxylation sites is 1. The molecule has 2 aromatic heterocycles. The maximum atomic E-state index is 11.8. The molecule has 8 nitrogen and oxygen atoms in total. The first kappa shape index (κ1) is 13.8. The van der Waals surface area contributed by atoms with Crippen LogP contribution in [0.4, 0.5) is 10.5 Å². The summed E-state index contributed by atoms with van der Waals surface area (Å²) in [6, 6.07) is 9.37. The zero-order chi connectivity index (χ0) is 15.4. The Morgan fingerprint density at radius 3 is 2.82 bits per heavy atom. The van der Waals surface area contributed by atoms with Gasteiger partial charge in [0.25, 0.3) is 0 Å². The van der Waals surface area contributed by atoms with Crippen LogP contribution in [0.1, 0.15) is 5.82 Å². The summed E-state index contributed by atoms with van der Waals surface area (Å²) in [6.07, 6.45) is 4.91. The highest BCUT2D eigenvalue weighted by atomic mass is 16.2. The van der Waals surface area contributed by atoms with Crippen molar-refractivity contribution in [1.29, 1.82) is 0 Å². The smallest absolute Gasteiger partial charge is 0.319 e. The van der Waals surface area contributed by atoms with Crippen LogP contribution < -0.4 is 10.6 Å². The van der Waals surface area contributed by atoms with E-state index in [1.807, 2.05) is 34.9 Å². The van der Waals surface area contributed by atoms with Gasteiger partial charge in [0.1, 0.15) is 6.33 Å². The summed E-state index contributed by atoms with van der Waals surface area (Å²) in [5, 5.41) is 17.3. The first-order chi connectivity index (χ1) is 10.7. The van der Waals surface area contributed by atoms with E-state index in [1.165, 1.54) is 0 Å². The molecule has 8 heteroatoms. The normalized spacial score (nSPS) is 10.4. The number of urea groups is 1. The molecule has 2 heterocycles. The molecule has 0 saturated carbocycles. The Kier molecular flexibility index (Phi) is 3.82. The van der Waals surface area contributed by atoms with Crippen molar-refractivity contribution in [3.05, 3.63) is 54.9 Å². The van der Waals surface area contributed by atoms with Crippen LogP contribution in [0.2, 0.25) is 0 Å². The highest BCUT2D eigenvalue weighted by Gasteiger charge is 2.08. The number of amides is 2. The number of nitrogens with one attached hydrogen (secondary N) is 2. The van der Waals surface area contributed by atoms with Crippen molar-refractivity contribution < 1.29 is 4.79 Å². The zero-order valence-electron chi connectivity index (χ0n) is 12.0. The van der Waals surface area contributed by atoms with E-state index in [1.54, 1.807) is 30.5 Å². The van der Waals surface area contributed by atoms with Crippen molar-refractivity contribution in [2.24, 2.45) is 7.05 Å². The van der Waals surface area contributed by atoms with Crippen LogP contribution in [-0.4, -0.2) is 30.6 Å². The van der Waals surface area contributed by atoms with E-state index in [9.17, 15) is 4.79 Å². The molecule has 22 heavy (non-hydrogen) atoms. The Bertz CT molecular complexity index is 762. The lowest BCUT2D eigenvalue weighted by Gasteiger charge is -2.08. The van der Waals surface area contributed by atoms with Gasteiger partial charge in [-0.15, -0.1) is 10.2 Å². The molecule has 0 aliphatic heterocycles. The van der Waals surface area contributed by atoms with Crippen molar-refractivity contribution in [1.82, 2.24) is 29.9 Å². The van der Waals surface area contributed by atoms with E-state index in [4.69, 9.17) is 0 Å². The number of rotatable bonds is 4. The molecule has 0 aliphatic carbocycles. The fourth-order valence-corrected chi connectivity index (χ4v) is 2.00. The number of hydrogen-bond donors (Lipinski definition) is 2. The van der Waals surface area contributed by atoms with Crippen molar-refractivity contribution in [3.63, 3.8) is 0 Å². The van der Waals surface area contributed by atoms with Gasteiger partial charge in [-0.05, 0) is 12.1 Å². The largest absolute Gasteiger partial charge is 0.331 e. The maximum Gasteiger partial charge on any atom is 0.319 e. The molecular formula is C14H15N7O. The van der Waals surface area contributed by atoms with Crippen molar-refractivity contribution in [3.8, 4) is 5.69 Å². The third-order valence-electron chi connectivity index (χ3n) is 3.02. The van der Waals surface area contributed by atoms with Crippen LogP contribution in [0.5, 0.6) is 0 Å². The predicted octanol–water partition coefficient (Wildman–Crippen LogP) is 1.32. The van der Waals surface area contributed by atoms with Gasteiger partial charge in [-0.1, -0.05) is 18.2 Å². The first-order valence-electron chi connectivity index (χ1n) is 6.70. The van der Waals surface area contributed by atoms with Crippen LogP contribution in [0.15, 0.2) is 49.1 Å². The average Bonchev–Trinajstić information content (AvgIpc) is 3.15. The summed E-state index contributed by atoms with van der Waals surface area (Å²) in [5.41, 5.74) is 1.57. The van der Waals surface area contributed by atoms with Gasteiger partial charge in [0.05, 0.1) is 18.4 Å². The molecule has 3 aromatic rings. The molecule has 0 aliphatic rings. The molecule has 0 spiro atoms. The molecular weight excluding hydrogens is 282 g/mol. The Morgan fingerprint density at radius 2 is 2.09 bits per heavy atom. The lowest BCUT2D eigenvalue weighted by molar-refractivity contribution is 0.251. The van der Waals surface area contributed by atoms with Gasteiger partial charge >= 0.3 is 6.03 Å². The molecule has 0 saturated heterocycles. The SMILES string of the molecule is Cn1cc(NC(=O)NCc2nncn2-c2ccccc2)cn1. The van der Waals surface area contributed by atoms with Gasteiger partial charge in [-0.25, -0.2) is 4.79 Å². The standard InChI is InChI=1S/C14H15N7O/c1-20-9-11(7-17-20)18-14(22)15-8-13-19-16-10-21(13)12-5-3-2-4-6-12/h2-7,9-10H,8H2,1H3,(H2,15,18,22). The third-order valence-corrected chi connectivity index (χ3v) is 3.02. The summed E-state index contributed by atoms with van der Waals surface area (Å²) < 4.78 is 3.44. The van der Waals surface area contributed by atoms with E-state index < -0.39 is 0 Å². The van der Waals surface area contributed by atoms with Gasteiger partial charge in [-0.2, -0.15) is 5.10 Å². The Balaban J connectivity index is 1.63. The topological polar surface area (TPSA) is 89.7 Å². The van der Waals surface area contributed by atoms with E-state index in [0.717, 1.165) is 5.69 Å². The molecule has 0 unspecified atom stereocenters. The number of carbonyl (C=O) groups excluding carboxylic acids is 1. The van der Waals surface area contributed by atoms with Crippen LogP contribution >= 0.6 is 0 Å². The molecule has 112 valence electrons. The van der Waals surface area contributed by atoms with Gasteiger partial charge < -0.3 is 10.6 Å². The van der Waals surface area contributed by atoms with Crippen LogP contribution in [0, 0.1) is 0 Å². The summed E-state index contributed by atoms with van der Waals surface area (Å²) in [4.78, 5) is 11.8. The zero-order valence-corrected chi connectivity index (χ0v) is 12.0. The number of benzene rings is 1. The van der Waals surface area contributed by atoms with Crippen LogP contribution in [0.3, 0.4) is 0 Å². The second-order valence-electron chi connectivity index (χ2n) is 4.66. The van der Waals surface area contributed by atoms with Crippen LogP contribution in [-0.2, 0) is 13.6 Å². The van der Waals surface area contributed by atoms with E-state index in [-0.39, 0.29) is 12.6 Å². The summed E-state index contributed by atoms with van der Waals surface area (Å²) in [6.45, 7) is 0.265. The highest BCUT2D eigenvalue weighted by molar-refractivity contribution is 5.88. The average molecular weight is 297 g/mol. The van der Waals surface area contributed by atoms with Gasteiger partial charge in [0.15, 0.2) is 5.82 Å². The van der Waals surface area contributed by atoms with E-state index >= 15 is 0 Å². The lowest BCUT2D eigenvalue weighted by Crippen LogP contribution is -2.29. The minimum Gasteiger partial charge on any atom is -0.331 e. The molecule has 2 amide bonds. The minimum absolute atomic E-state index is 0.265. The highest BCUT2D eigenvalue weighted by Crippen LogP contribution is 2.08. The minimum atomic E-state index is -0.324. The number of aryl methyl sites for hydroxylation is 1. The number of carbonyl (C=O) groups is 1. The maximum absolute atomic E-state index is 11.8. The molecule has 0 fully saturated rings. The fourth-order valence-electron chi connectivity index (χ4n) is 2.00. The Morgan fingerprint density at radius 1 is 1.27 bits per heavy atom. The molecule has 2 N–H and O–H groups in total. The third kappa shape index (κ3) is 3.11. The first-order valence-corrected chi connectivity index (χ1v) is 6.70. The lowest BCUT2D eigenvalue weighted by atomic mass is 10.3.